The lowest BCUT2D eigenvalue weighted by Crippen LogP contribution is -2.28. The summed E-state index contributed by atoms with van der Waals surface area (Å²) in [5, 5.41) is 0.340. The maximum atomic E-state index is 5.75. The Hall–Kier alpha value is -0.670. The van der Waals surface area contributed by atoms with Crippen LogP contribution in [0.1, 0.15) is 31.4 Å². The maximum absolute atomic E-state index is 5.75. The van der Waals surface area contributed by atoms with Crippen LogP contribution in [0, 0.1) is 0 Å². The molecule has 1 saturated carbocycles. The predicted octanol–water partition coefficient (Wildman–Crippen LogP) is 2.50. The van der Waals surface area contributed by atoms with Crippen molar-refractivity contribution >= 4 is 11.6 Å². The van der Waals surface area contributed by atoms with Gasteiger partial charge in [0.1, 0.15) is 0 Å². The fourth-order valence-corrected chi connectivity index (χ4v) is 2.35. The van der Waals surface area contributed by atoms with E-state index in [0.717, 1.165) is 18.3 Å². The minimum Gasteiger partial charge on any atom is -0.298 e. The third-order valence-corrected chi connectivity index (χ3v) is 3.23. The zero-order valence-corrected chi connectivity index (χ0v) is 9.74. The van der Waals surface area contributed by atoms with Crippen molar-refractivity contribution in [1.82, 2.24) is 14.9 Å². The molecule has 82 valence electrons. The van der Waals surface area contributed by atoms with Crippen LogP contribution in [0.3, 0.4) is 0 Å². The molecule has 4 heteroatoms. The van der Waals surface area contributed by atoms with E-state index < -0.39 is 0 Å². The second-order valence-corrected chi connectivity index (χ2v) is 4.51. The van der Waals surface area contributed by atoms with Gasteiger partial charge in [0, 0.05) is 18.8 Å². The number of hydrogen-bond donors (Lipinski definition) is 0. The highest BCUT2D eigenvalue weighted by atomic mass is 35.5. The first kappa shape index (κ1) is 10.8. The summed E-state index contributed by atoms with van der Waals surface area (Å²) in [6.07, 6.45) is 7.07. The average Bonchev–Trinajstić information content (AvgIpc) is 2.70. The molecule has 15 heavy (non-hydrogen) atoms. The normalized spacial score (nSPS) is 17.5. The second kappa shape index (κ2) is 4.90. The summed E-state index contributed by atoms with van der Waals surface area (Å²) >= 11 is 5.75. The van der Waals surface area contributed by atoms with E-state index in [2.05, 4.69) is 21.9 Å². The van der Waals surface area contributed by atoms with Gasteiger partial charge in [0.25, 0.3) is 0 Å². The molecule has 0 saturated heterocycles. The molecular weight excluding hydrogens is 210 g/mol. The van der Waals surface area contributed by atoms with Gasteiger partial charge in [0.15, 0.2) is 0 Å². The van der Waals surface area contributed by atoms with E-state index in [9.17, 15) is 0 Å². The van der Waals surface area contributed by atoms with Crippen LogP contribution < -0.4 is 0 Å². The van der Waals surface area contributed by atoms with Crippen molar-refractivity contribution in [2.75, 3.05) is 7.05 Å². The number of nitrogens with zero attached hydrogens (tertiary/aromatic N) is 3. The standard InChI is InChI=1S/C11H16ClN3/c1-15(10-4-2-3-5-10)8-9-6-7-13-11(12)14-9/h6-7,10H,2-5,8H2,1H3. The number of halogens is 1. The summed E-state index contributed by atoms with van der Waals surface area (Å²) in [6, 6.07) is 2.65. The lowest BCUT2D eigenvalue weighted by molar-refractivity contribution is 0.234. The van der Waals surface area contributed by atoms with E-state index in [1.54, 1.807) is 6.20 Å². The van der Waals surface area contributed by atoms with E-state index in [1.807, 2.05) is 6.07 Å². The third kappa shape index (κ3) is 2.89. The van der Waals surface area contributed by atoms with Crippen molar-refractivity contribution in [3.8, 4) is 0 Å². The van der Waals surface area contributed by atoms with E-state index in [0.29, 0.717) is 5.28 Å². The van der Waals surface area contributed by atoms with Gasteiger partial charge < -0.3 is 0 Å². The first-order valence-electron chi connectivity index (χ1n) is 5.43. The number of aromatic nitrogens is 2. The Morgan fingerprint density at radius 3 is 2.87 bits per heavy atom. The van der Waals surface area contributed by atoms with Crippen molar-refractivity contribution < 1.29 is 0 Å². The van der Waals surface area contributed by atoms with Crippen molar-refractivity contribution in [3.63, 3.8) is 0 Å². The Morgan fingerprint density at radius 2 is 2.20 bits per heavy atom. The van der Waals surface area contributed by atoms with E-state index in [1.165, 1.54) is 25.7 Å². The molecule has 1 heterocycles. The fraction of sp³-hybridized carbons (Fsp3) is 0.636. The maximum Gasteiger partial charge on any atom is 0.222 e. The molecule has 1 fully saturated rings. The highest BCUT2D eigenvalue weighted by molar-refractivity contribution is 6.28. The van der Waals surface area contributed by atoms with Gasteiger partial charge in [-0.15, -0.1) is 0 Å². The topological polar surface area (TPSA) is 29.0 Å². The Kier molecular flexibility index (Phi) is 3.54. The summed E-state index contributed by atoms with van der Waals surface area (Å²) in [4.78, 5) is 10.4. The predicted molar refractivity (Wildman–Crippen MR) is 60.8 cm³/mol. The van der Waals surface area contributed by atoms with Crippen molar-refractivity contribution in [2.45, 2.75) is 38.3 Å². The quantitative estimate of drug-likeness (QED) is 0.741. The van der Waals surface area contributed by atoms with Gasteiger partial charge in [0.05, 0.1) is 5.69 Å². The van der Waals surface area contributed by atoms with Gasteiger partial charge in [-0.05, 0) is 37.6 Å². The lowest BCUT2D eigenvalue weighted by Gasteiger charge is -2.23. The molecule has 0 aromatic carbocycles. The molecule has 0 amide bonds. The molecule has 0 radical (unpaired) electrons. The Bertz CT molecular complexity index is 323. The third-order valence-electron chi connectivity index (χ3n) is 3.04. The molecule has 3 nitrogen and oxygen atoms in total. The largest absolute Gasteiger partial charge is 0.298 e. The first-order chi connectivity index (χ1) is 7.25. The molecule has 0 spiro atoms. The summed E-state index contributed by atoms with van der Waals surface area (Å²) in [6.45, 7) is 0.868. The molecule has 1 aliphatic carbocycles. The molecule has 1 aliphatic rings. The van der Waals surface area contributed by atoms with Gasteiger partial charge >= 0.3 is 0 Å². The van der Waals surface area contributed by atoms with E-state index >= 15 is 0 Å². The molecule has 0 unspecified atom stereocenters. The first-order valence-corrected chi connectivity index (χ1v) is 5.81. The zero-order valence-electron chi connectivity index (χ0n) is 8.99. The van der Waals surface area contributed by atoms with Crippen LogP contribution in [0.2, 0.25) is 5.28 Å². The van der Waals surface area contributed by atoms with Crippen LogP contribution in [-0.4, -0.2) is 28.0 Å². The SMILES string of the molecule is CN(Cc1ccnc(Cl)n1)C1CCCC1. The fourth-order valence-electron chi connectivity index (χ4n) is 2.19. The van der Waals surface area contributed by atoms with Gasteiger partial charge in [-0.1, -0.05) is 12.8 Å². The molecule has 0 N–H and O–H groups in total. The summed E-state index contributed by atoms with van der Waals surface area (Å²) in [7, 11) is 2.16. The molecule has 1 aromatic heterocycles. The highest BCUT2D eigenvalue weighted by Crippen LogP contribution is 2.23. The van der Waals surface area contributed by atoms with Crippen LogP contribution in [0.4, 0.5) is 0 Å². The summed E-state index contributed by atoms with van der Waals surface area (Å²) in [5.41, 5.74) is 1.00. The van der Waals surface area contributed by atoms with Crippen LogP contribution >= 0.6 is 11.6 Å². The zero-order chi connectivity index (χ0) is 10.7. The Morgan fingerprint density at radius 1 is 1.47 bits per heavy atom. The van der Waals surface area contributed by atoms with Gasteiger partial charge in [-0.25, -0.2) is 9.97 Å². The highest BCUT2D eigenvalue weighted by Gasteiger charge is 2.19. The Balaban J connectivity index is 1.95. The average molecular weight is 226 g/mol. The van der Waals surface area contributed by atoms with E-state index in [-0.39, 0.29) is 0 Å². The minimum atomic E-state index is 0.340. The number of hydrogen-bond acceptors (Lipinski definition) is 3. The van der Waals surface area contributed by atoms with Crippen molar-refractivity contribution in [1.29, 1.82) is 0 Å². The van der Waals surface area contributed by atoms with Crippen LogP contribution in [-0.2, 0) is 6.54 Å². The van der Waals surface area contributed by atoms with Crippen molar-refractivity contribution in [2.24, 2.45) is 0 Å². The minimum absolute atomic E-state index is 0.340. The molecule has 0 atom stereocenters. The molecule has 0 bridgehead atoms. The van der Waals surface area contributed by atoms with Gasteiger partial charge in [-0.2, -0.15) is 0 Å². The van der Waals surface area contributed by atoms with Gasteiger partial charge in [-0.3, -0.25) is 4.90 Å². The summed E-state index contributed by atoms with van der Waals surface area (Å²) in [5.74, 6) is 0. The molecule has 1 aromatic rings. The van der Waals surface area contributed by atoms with Crippen LogP contribution in [0.25, 0.3) is 0 Å². The molecule has 2 rings (SSSR count). The smallest absolute Gasteiger partial charge is 0.222 e. The van der Waals surface area contributed by atoms with Gasteiger partial charge in [0.2, 0.25) is 5.28 Å². The lowest BCUT2D eigenvalue weighted by atomic mass is 10.2. The number of rotatable bonds is 3. The molecular formula is C11H16ClN3. The van der Waals surface area contributed by atoms with Crippen LogP contribution in [0.5, 0.6) is 0 Å². The van der Waals surface area contributed by atoms with Crippen LogP contribution in [0.15, 0.2) is 12.3 Å². The second-order valence-electron chi connectivity index (χ2n) is 4.17. The van der Waals surface area contributed by atoms with Crippen molar-refractivity contribution in [3.05, 3.63) is 23.2 Å². The monoisotopic (exact) mass is 225 g/mol. The Labute approximate surface area is 95.5 Å². The molecule has 0 aliphatic heterocycles. The van der Waals surface area contributed by atoms with E-state index in [4.69, 9.17) is 11.6 Å². The summed E-state index contributed by atoms with van der Waals surface area (Å²) < 4.78 is 0.